The lowest BCUT2D eigenvalue weighted by Gasteiger charge is -2.08. The van der Waals surface area contributed by atoms with E-state index in [1.54, 1.807) is 12.1 Å². The molecule has 1 heterocycles. The molecule has 0 bridgehead atoms. The van der Waals surface area contributed by atoms with E-state index in [0.29, 0.717) is 5.69 Å². The zero-order valence-corrected chi connectivity index (χ0v) is 18.4. The Bertz CT molecular complexity index is 668. The first-order valence-corrected chi connectivity index (χ1v) is 11.0. The van der Waals surface area contributed by atoms with E-state index in [9.17, 15) is 4.79 Å². The molecule has 3 N–H and O–H groups in total. The van der Waals surface area contributed by atoms with Crippen molar-refractivity contribution in [3.05, 3.63) is 54.6 Å². The highest BCUT2D eigenvalue weighted by atomic mass is 16.4. The number of para-hydroxylation sites is 1. The van der Waals surface area contributed by atoms with Gasteiger partial charge in [0, 0.05) is 5.56 Å². The first-order valence-electron chi connectivity index (χ1n) is 11.0. The van der Waals surface area contributed by atoms with Gasteiger partial charge in [-0.2, -0.15) is 0 Å². The monoisotopic (exact) mass is 414 g/mol. The van der Waals surface area contributed by atoms with Gasteiger partial charge in [-0.1, -0.05) is 96.5 Å². The lowest BCUT2D eigenvalue weighted by molar-refractivity contribution is 0.210. The topological polar surface area (TPSA) is 61.4 Å². The normalized spacial score (nSPS) is 18.0. The Kier molecular flexibility index (Phi) is 15.2. The molecule has 2 aliphatic rings. The van der Waals surface area contributed by atoms with Crippen LogP contribution in [0.5, 0.6) is 0 Å². The average molecular weight is 415 g/mol. The van der Waals surface area contributed by atoms with Gasteiger partial charge in [0.2, 0.25) is 0 Å². The molecule has 2 fully saturated rings. The number of hydrogen-bond donors (Lipinski definition) is 3. The molecule has 168 valence electrons. The van der Waals surface area contributed by atoms with Crippen molar-refractivity contribution in [2.75, 3.05) is 18.4 Å². The molecule has 0 spiro atoms. The van der Waals surface area contributed by atoms with Gasteiger partial charge in [0.05, 0.1) is 5.69 Å². The van der Waals surface area contributed by atoms with Gasteiger partial charge in [0.25, 0.3) is 0 Å². The fourth-order valence-electron chi connectivity index (χ4n) is 3.68. The summed E-state index contributed by atoms with van der Waals surface area (Å²) in [5.74, 6) is 2.13. The summed E-state index contributed by atoms with van der Waals surface area (Å²) in [6.45, 7) is 10.9. The van der Waals surface area contributed by atoms with E-state index in [2.05, 4.69) is 24.5 Å². The van der Waals surface area contributed by atoms with E-state index in [1.165, 1.54) is 38.8 Å². The van der Waals surface area contributed by atoms with Crippen LogP contribution in [-0.2, 0) is 0 Å². The van der Waals surface area contributed by atoms with Gasteiger partial charge in [-0.05, 0) is 49.4 Å². The molecule has 2 aromatic carbocycles. The molecular formula is C26H42N2O2. The summed E-state index contributed by atoms with van der Waals surface area (Å²) in [6, 6.07) is 17.0. The highest BCUT2D eigenvalue weighted by Gasteiger charge is 2.30. The van der Waals surface area contributed by atoms with E-state index in [0.717, 1.165) is 23.0 Å². The Balaban J connectivity index is 0.000000503. The molecule has 0 radical (unpaired) electrons. The summed E-state index contributed by atoms with van der Waals surface area (Å²) in [4.78, 5) is 10.6. The van der Waals surface area contributed by atoms with Crippen LogP contribution in [0.25, 0.3) is 11.1 Å². The van der Waals surface area contributed by atoms with Crippen molar-refractivity contribution in [1.29, 1.82) is 0 Å². The number of carbonyl (C=O) groups is 1. The lowest BCUT2D eigenvalue weighted by Crippen LogP contribution is -2.08. The van der Waals surface area contributed by atoms with E-state index < -0.39 is 6.09 Å². The number of carboxylic acid groups (broad SMARTS) is 1. The molecule has 2 atom stereocenters. The zero-order valence-electron chi connectivity index (χ0n) is 18.4. The van der Waals surface area contributed by atoms with Gasteiger partial charge in [-0.3, -0.25) is 5.32 Å². The molecule has 2 aromatic rings. The molecule has 4 heteroatoms. The smallest absolute Gasteiger partial charge is 0.409 e. The summed E-state index contributed by atoms with van der Waals surface area (Å²) in [5.41, 5.74) is 2.47. The molecule has 1 aliphatic heterocycles. The van der Waals surface area contributed by atoms with Crippen LogP contribution in [0.2, 0.25) is 0 Å². The van der Waals surface area contributed by atoms with Crippen LogP contribution in [0, 0.1) is 11.8 Å². The second-order valence-electron chi connectivity index (χ2n) is 7.16. The molecular weight excluding hydrogens is 372 g/mol. The molecule has 2 unspecified atom stereocenters. The fraction of sp³-hybridized carbons (Fsp3) is 0.500. The second kappa shape index (κ2) is 16.5. The molecule has 1 saturated carbocycles. The van der Waals surface area contributed by atoms with E-state index in [-0.39, 0.29) is 7.43 Å². The number of nitrogens with one attached hydrogen (secondary N) is 2. The second-order valence-corrected chi connectivity index (χ2v) is 7.16. The zero-order chi connectivity index (χ0) is 21.5. The highest BCUT2D eigenvalue weighted by Crippen LogP contribution is 2.33. The maximum absolute atomic E-state index is 10.6. The molecule has 1 saturated heterocycles. The maximum Gasteiger partial charge on any atom is 0.409 e. The number of amides is 1. The number of fused-ring (bicyclic) bond motifs is 1. The van der Waals surface area contributed by atoms with Gasteiger partial charge in [-0.25, -0.2) is 4.79 Å². The van der Waals surface area contributed by atoms with Crippen molar-refractivity contribution in [3.63, 3.8) is 0 Å². The average Bonchev–Trinajstić information content (AvgIpc) is 3.37. The Morgan fingerprint density at radius 1 is 0.967 bits per heavy atom. The van der Waals surface area contributed by atoms with Crippen molar-refractivity contribution in [2.45, 2.75) is 60.8 Å². The van der Waals surface area contributed by atoms with Crippen molar-refractivity contribution in [3.8, 4) is 11.1 Å². The van der Waals surface area contributed by atoms with Gasteiger partial charge in [0.15, 0.2) is 0 Å². The minimum absolute atomic E-state index is 0. The summed E-state index contributed by atoms with van der Waals surface area (Å²) in [7, 11) is 0. The van der Waals surface area contributed by atoms with E-state index >= 15 is 0 Å². The van der Waals surface area contributed by atoms with Crippen molar-refractivity contribution < 1.29 is 9.90 Å². The summed E-state index contributed by atoms with van der Waals surface area (Å²) < 4.78 is 0. The van der Waals surface area contributed by atoms with Crippen LogP contribution in [0.1, 0.15) is 60.8 Å². The molecule has 4 rings (SSSR count). The predicted octanol–water partition coefficient (Wildman–Crippen LogP) is 7.53. The van der Waals surface area contributed by atoms with Crippen molar-refractivity contribution in [2.24, 2.45) is 11.8 Å². The quantitative estimate of drug-likeness (QED) is 0.476. The van der Waals surface area contributed by atoms with Crippen molar-refractivity contribution in [1.82, 2.24) is 5.32 Å². The Morgan fingerprint density at radius 2 is 1.47 bits per heavy atom. The van der Waals surface area contributed by atoms with Gasteiger partial charge < -0.3 is 10.4 Å². The molecule has 4 nitrogen and oxygen atoms in total. The van der Waals surface area contributed by atoms with Gasteiger partial charge in [-0.15, -0.1) is 0 Å². The summed E-state index contributed by atoms with van der Waals surface area (Å²) in [6.07, 6.45) is 4.69. The number of hydrogen-bond acceptors (Lipinski definition) is 2. The van der Waals surface area contributed by atoms with E-state index in [1.807, 2.05) is 56.3 Å². The first kappa shape index (κ1) is 27.7. The fourth-order valence-corrected chi connectivity index (χ4v) is 3.68. The van der Waals surface area contributed by atoms with Crippen LogP contribution in [0.4, 0.5) is 10.5 Å². The van der Waals surface area contributed by atoms with Crippen LogP contribution in [-0.4, -0.2) is 24.3 Å². The van der Waals surface area contributed by atoms with Crippen molar-refractivity contribution >= 4 is 11.8 Å². The third kappa shape index (κ3) is 9.45. The lowest BCUT2D eigenvalue weighted by atomic mass is 10.0. The van der Waals surface area contributed by atoms with Crippen LogP contribution in [0.15, 0.2) is 54.6 Å². The Hall–Kier alpha value is -2.33. The SMILES string of the molecule is C.C1CC2CNCC2C1.CC.CCC.O=C(O)Nc1ccccc1-c1ccccc1. The number of rotatable bonds is 2. The largest absolute Gasteiger partial charge is 0.465 e. The van der Waals surface area contributed by atoms with Crippen LogP contribution in [0.3, 0.4) is 0 Å². The maximum atomic E-state index is 10.6. The standard InChI is InChI=1S/C13H11NO2.C7H13N.C3H8.C2H6.CH4/c15-13(16)14-12-9-5-4-8-11(12)10-6-2-1-3-7-10;1-2-6-4-8-5-7(6)3-1;1-3-2;1-2;/h1-9,14H,(H,15,16);6-8H,1-5H2;3H2,1-2H3;1-2H3;1H4. The predicted molar refractivity (Wildman–Crippen MR) is 131 cm³/mol. The third-order valence-electron chi connectivity index (χ3n) is 4.88. The molecule has 1 aliphatic carbocycles. The summed E-state index contributed by atoms with van der Waals surface area (Å²) >= 11 is 0. The third-order valence-corrected chi connectivity index (χ3v) is 4.88. The molecule has 30 heavy (non-hydrogen) atoms. The first-order chi connectivity index (χ1) is 14.2. The Morgan fingerprint density at radius 3 is 2.00 bits per heavy atom. The Labute approximate surface area is 184 Å². The minimum Gasteiger partial charge on any atom is -0.465 e. The van der Waals surface area contributed by atoms with Gasteiger partial charge >= 0.3 is 6.09 Å². The number of benzene rings is 2. The van der Waals surface area contributed by atoms with Crippen LogP contribution < -0.4 is 10.6 Å². The molecule has 1 amide bonds. The molecule has 0 aromatic heterocycles. The summed E-state index contributed by atoms with van der Waals surface area (Å²) in [5, 5.41) is 14.5. The minimum atomic E-state index is -1.05. The van der Waals surface area contributed by atoms with E-state index in [4.69, 9.17) is 5.11 Å². The van der Waals surface area contributed by atoms with Gasteiger partial charge in [0.1, 0.15) is 0 Å². The van der Waals surface area contributed by atoms with Crippen LogP contribution >= 0.6 is 0 Å². The number of anilines is 1. The highest BCUT2D eigenvalue weighted by molar-refractivity contribution is 5.90.